The molecule has 8 nitrogen and oxygen atoms in total. The summed E-state index contributed by atoms with van der Waals surface area (Å²) in [5, 5.41) is 7.43. The highest BCUT2D eigenvalue weighted by Crippen LogP contribution is 2.24. The predicted molar refractivity (Wildman–Crippen MR) is 120 cm³/mol. The quantitative estimate of drug-likeness (QED) is 0.364. The van der Waals surface area contributed by atoms with Gasteiger partial charge in [0.1, 0.15) is 5.52 Å². The van der Waals surface area contributed by atoms with E-state index in [1.165, 1.54) is 11.8 Å². The van der Waals surface area contributed by atoms with Gasteiger partial charge in [0.25, 0.3) is 5.22 Å². The van der Waals surface area contributed by atoms with Crippen molar-refractivity contribution < 1.29 is 13.7 Å². The predicted octanol–water partition coefficient (Wildman–Crippen LogP) is 4.59. The maximum atomic E-state index is 12.5. The van der Waals surface area contributed by atoms with Gasteiger partial charge in [-0.3, -0.25) is 9.78 Å². The Hall–Kier alpha value is -3.98. The summed E-state index contributed by atoms with van der Waals surface area (Å²) in [6.07, 6.45) is 3.76. The fourth-order valence-electron chi connectivity index (χ4n) is 3.12. The lowest BCUT2D eigenvalue weighted by molar-refractivity contribution is -0.113. The van der Waals surface area contributed by atoms with Crippen molar-refractivity contribution in [1.29, 1.82) is 0 Å². The first kappa shape index (κ1) is 20.0. The van der Waals surface area contributed by atoms with Crippen molar-refractivity contribution >= 4 is 34.5 Å². The first-order valence-electron chi connectivity index (χ1n) is 9.84. The van der Waals surface area contributed by atoms with E-state index < -0.39 is 0 Å². The Balaban J connectivity index is 1.24. The number of thioether (sulfide) groups is 1. The number of nitrogens with one attached hydrogen (secondary N) is 1. The first-order chi connectivity index (χ1) is 15.7. The standard InChI is InChI=1S/C23H17N5O3S/c29-20(14-32-23-26-18-9-3-4-10-19(18)30-23)25-17-8-2-1-6-15(17)12-21-27-22(28-31-21)16-7-5-11-24-13-16/h1-11,13H,12,14H2,(H,25,29). The van der Waals surface area contributed by atoms with Gasteiger partial charge in [-0.2, -0.15) is 4.98 Å². The van der Waals surface area contributed by atoms with Gasteiger partial charge in [0.2, 0.25) is 17.6 Å². The van der Waals surface area contributed by atoms with Crippen LogP contribution in [0.4, 0.5) is 5.69 Å². The number of amides is 1. The molecule has 3 heterocycles. The molecule has 0 saturated heterocycles. The highest BCUT2D eigenvalue weighted by atomic mass is 32.2. The number of para-hydroxylation sites is 3. The molecule has 0 aliphatic carbocycles. The molecule has 0 aliphatic heterocycles. The zero-order valence-corrected chi connectivity index (χ0v) is 17.6. The summed E-state index contributed by atoms with van der Waals surface area (Å²) in [6.45, 7) is 0. The molecule has 1 N–H and O–H groups in total. The summed E-state index contributed by atoms with van der Waals surface area (Å²) in [4.78, 5) is 25.4. The van der Waals surface area contributed by atoms with Crippen molar-refractivity contribution in [2.45, 2.75) is 11.6 Å². The zero-order chi connectivity index (χ0) is 21.8. The van der Waals surface area contributed by atoms with Gasteiger partial charge in [0.05, 0.1) is 12.2 Å². The minimum Gasteiger partial charge on any atom is -0.431 e. The normalized spacial score (nSPS) is 11.0. The van der Waals surface area contributed by atoms with Crippen LogP contribution in [0, 0.1) is 0 Å². The number of carbonyl (C=O) groups excluding carboxylic acids is 1. The van der Waals surface area contributed by atoms with Crippen LogP contribution >= 0.6 is 11.8 Å². The van der Waals surface area contributed by atoms with Crippen LogP contribution in [0.25, 0.3) is 22.5 Å². The van der Waals surface area contributed by atoms with Crippen molar-refractivity contribution in [3.8, 4) is 11.4 Å². The minimum atomic E-state index is -0.161. The number of carbonyl (C=O) groups is 1. The number of hydrogen-bond acceptors (Lipinski definition) is 8. The van der Waals surface area contributed by atoms with Gasteiger partial charge in [-0.15, -0.1) is 0 Å². The molecule has 9 heteroatoms. The van der Waals surface area contributed by atoms with E-state index in [0.717, 1.165) is 16.6 Å². The molecular weight excluding hydrogens is 426 g/mol. The van der Waals surface area contributed by atoms with Crippen molar-refractivity contribution in [2.24, 2.45) is 0 Å². The van der Waals surface area contributed by atoms with E-state index in [-0.39, 0.29) is 11.7 Å². The van der Waals surface area contributed by atoms with E-state index in [1.807, 2.05) is 60.7 Å². The Morgan fingerprint density at radius 3 is 2.75 bits per heavy atom. The van der Waals surface area contributed by atoms with Gasteiger partial charge in [-0.25, -0.2) is 4.98 Å². The second-order valence-corrected chi connectivity index (χ2v) is 7.80. The van der Waals surface area contributed by atoms with Crippen molar-refractivity contribution in [3.05, 3.63) is 84.5 Å². The number of pyridine rings is 1. The number of benzene rings is 2. The van der Waals surface area contributed by atoms with Crippen molar-refractivity contribution in [1.82, 2.24) is 20.1 Å². The van der Waals surface area contributed by atoms with Gasteiger partial charge in [0, 0.05) is 23.6 Å². The van der Waals surface area contributed by atoms with Crippen LogP contribution in [0.15, 0.2) is 87.2 Å². The van der Waals surface area contributed by atoms with Crippen LogP contribution in [0.2, 0.25) is 0 Å². The molecular formula is C23H17N5O3S. The average molecular weight is 443 g/mol. The maximum absolute atomic E-state index is 12.5. The molecule has 0 radical (unpaired) electrons. The van der Waals surface area contributed by atoms with Gasteiger partial charge >= 0.3 is 0 Å². The summed E-state index contributed by atoms with van der Waals surface area (Å²) in [5.41, 5.74) is 3.81. The molecule has 0 unspecified atom stereocenters. The molecule has 2 aromatic carbocycles. The van der Waals surface area contributed by atoms with Gasteiger partial charge < -0.3 is 14.3 Å². The van der Waals surface area contributed by atoms with Crippen LogP contribution in [0.5, 0.6) is 0 Å². The summed E-state index contributed by atoms with van der Waals surface area (Å²) in [7, 11) is 0. The molecule has 1 amide bonds. The molecule has 0 bridgehead atoms. The van der Waals surface area contributed by atoms with Gasteiger partial charge in [-0.05, 0) is 35.9 Å². The highest BCUT2D eigenvalue weighted by molar-refractivity contribution is 7.99. The summed E-state index contributed by atoms with van der Waals surface area (Å²) in [6, 6.07) is 18.7. The van der Waals surface area contributed by atoms with Gasteiger partial charge in [0.15, 0.2) is 5.58 Å². The summed E-state index contributed by atoms with van der Waals surface area (Å²) in [5.74, 6) is 0.939. The SMILES string of the molecule is O=C(CSc1nc2ccccc2o1)Nc1ccccc1Cc1nc(-c2cccnc2)no1. The number of oxazole rings is 1. The van der Waals surface area contributed by atoms with Crippen LogP contribution < -0.4 is 5.32 Å². The molecule has 0 aliphatic rings. The van der Waals surface area contributed by atoms with E-state index >= 15 is 0 Å². The molecule has 0 fully saturated rings. The van der Waals surface area contributed by atoms with Crippen molar-refractivity contribution in [3.63, 3.8) is 0 Å². The van der Waals surface area contributed by atoms with Crippen LogP contribution in [-0.2, 0) is 11.2 Å². The number of rotatable bonds is 7. The fourth-order valence-corrected chi connectivity index (χ4v) is 3.76. The van der Waals surface area contributed by atoms with Crippen LogP contribution in [-0.4, -0.2) is 31.8 Å². The fraction of sp³-hybridized carbons (Fsp3) is 0.0870. The smallest absolute Gasteiger partial charge is 0.257 e. The molecule has 0 spiro atoms. The number of fused-ring (bicyclic) bond motifs is 1. The first-order valence-corrected chi connectivity index (χ1v) is 10.8. The Kier molecular flexibility index (Phi) is 5.63. The molecule has 5 aromatic rings. The minimum absolute atomic E-state index is 0.161. The molecule has 158 valence electrons. The van der Waals surface area contributed by atoms with Crippen LogP contribution in [0.1, 0.15) is 11.5 Å². The molecule has 0 saturated carbocycles. The lowest BCUT2D eigenvalue weighted by atomic mass is 10.1. The number of hydrogen-bond donors (Lipinski definition) is 1. The third-order valence-electron chi connectivity index (χ3n) is 4.62. The number of anilines is 1. The monoisotopic (exact) mass is 443 g/mol. The third kappa shape index (κ3) is 4.52. The van der Waals surface area contributed by atoms with Gasteiger partial charge in [-0.1, -0.05) is 47.3 Å². The summed E-state index contributed by atoms with van der Waals surface area (Å²) < 4.78 is 11.0. The number of aromatic nitrogens is 4. The van der Waals surface area contributed by atoms with E-state index in [4.69, 9.17) is 8.94 Å². The topological polar surface area (TPSA) is 107 Å². The molecule has 5 rings (SSSR count). The lowest BCUT2D eigenvalue weighted by Gasteiger charge is -2.09. The highest BCUT2D eigenvalue weighted by Gasteiger charge is 2.14. The Morgan fingerprint density at radius 1 is 1.00 bits per heavy atom. The molecule has 3 aromatic heterocycles. The average Bonchev–Trinajstić information content (AvgIpc) is 3.46. The lowest BCUT2D eigenvalue weighted by Crippen LogP contribution is -2.15. The zero-order valence-electron chi connectivity index (χ0n) is 16.8. The van der Waals surface area contributed by atoms with E-state index in [1.54, 1.807) is 12.4 Å². The summed E-state index contributed by atoms with van der Waals surface area (Å²) >= 11 is 1.25. The third-order valence-corrected chi connectivity index (χ3v) is 5.45. The Morgan fingerprint density at radius 2 is 1.88 bits per heavy atom. The molecule has 0 atom stereocenters. The van der Waals surface area contributed by atoms with Crippen molar-refractivity contribution in [2.75, 3.05) is 11.1 Å². The maximum Gasteiger partial charge on any atom is 0.257 e. The van der Waals surface area contributed by atoms with E-state index in [9.17, 15) is 4.79 Å². The largest absolute Gasteiger partial charge is 0.431 e. The number of nitrogens with zero attached hydrogens (tertiary/aromatic N) is 4. The Bertz CT molecular complexity index is 1330. The van der Waals surface area contributed by atoms with E-state index in [0.29, 0.717) is 34.6 Å². The Labute approximate surface area is 187 Å². The second kappa shape index (κ2) is 9.03. The second-order valence-electron chi connectivity index (χ2n) is 6.87. The van der Waals surface area contributed by atoms with E-state index in [2.05, 4.69) is 25.4 Å². The van der Waals surface area contributed by atoms with Crippen LogP contribution in [0.3, 0.4) is 0 Å². The molecule has 32 heavy (non-hydrogen) atoms.